The van der Waals surface area contributed by atoms with Crippen LogP contribution in [0.2, 0.25) is 5.02 Å². The van der Waals surface area contributed by atoms with Crippen molar-refractivity contribution in [2.45, 2.75) is 10.3 Å². The van der Waals surface area contributed by atoms with E-state index in [1.54, 1.807) is 12.1 Å². The quantitative estimate of drug-likeness (QED) is 0.659. The fourth-order valence-electron chi connectivity index (χ4n) is 1.13. The number of rotatable bonds is 5. The molecule has 8 heteroatoms. The Kier molecular flexibility index (Phi) is 5.40. The van der Waals surface area contributed by atoms with Crippen molar-refractivity contribution >= 4 is 39.2 Å². The summed E-state index contributed by atoms with van der Waals surface area (Å²) in [7, 11) is -2.63. The van der Waals surface area contributed by atoms with Crippen molar-refractivity contribution in [2.24, 2.45) is 0 Å². The molecule has 1 N–H and O–H groups in total. The van der Waals surface area contributed by atoms with Crippen molar-refractivity contribution in [3.63, 3.8) is 0 Å². The summed E-state index contributed by atoms with van der Waals surface area (Å²) in [6.45, 7) is -0.276. The predicted molar refractivity (Wildman–Crippen MR) is 68.3 cm³/mol. The van der Waals surface area contributed by atoms with Gasteiger partial charge in [0.1, 0.15) is 10.3 Å². The standard InChI is InChI=1S/C10H11Cl2NO4S/c1-17-10(14)8(12)6-13-18(15,16)9-5-3-2-4-7(9)11/h2-5,8,13H,6H2,1H3. The van der Waals surface area contributed by atoms with Crippen molar-refractivity contribution in [3.8, 4) is 0 Å². The van der Waals surface area contributed by atoms with Gasteiger partial charge in [-0.05, 0) is 12.1 Å². The highest BCUT2D eigenvalue weighted by molar-refractivity contribution is 7.89. The van der Waals surface area contributed by atoms with E-state index in [1.807, 2.05) is 0 Å². The zero-order valence-corrected chi connectivity index (χ0v) is 11.7. The average Bonchev–Trinajstić information content (AvgIpc) is 2.35. The van der Waals surface area contributed by atoms with Gasteiger partial charge in [-0.2, -0.15) is 0 Å². The molecule has 0 amide bonds. The number of hydrogen-bond acceptors (Lipinski definition) is 4. The lowest BCUT2D eigenvalue weighted by molar-refractivity contribution is -0.140. The van der Waals surface area contributed by atoms with Crippen LogP contribution in [0.5, 0.6) is 0 Å². The summed E-state index contributed by atoms with van der Waals surface area (Å²) >= 11 is 11.4. The fourth-order valence-corrected chi connectivity index (χ4v) is 2.96. The molecule has 100 valence electrons. The number of methoxy groups -OCH3 is 1. The fraction of sp³-hybridized carbons (Fsp3) is 0.300. The van der Waals surface area contributed by atoms with E-state index in [1.165, 1.54) is 19.2 Å². The summed E-state index contributed by atoms with van der Waals surface area (Å²) in [5.74, 6) is -0.710. The van der Waals surface area contributed by atoms with Crippen molar-refractivity contribution < 1.29 is 17.9 Å². The highest BCUT2D eigenvalue weighted by Gasteiger charge is 2.22. The largest absolute Gasteiger partial charge is 0.468 e. The van der Waals surface area contributed by atoms with E-state index in [4.69, 9.17) is 23.2 Å². The molecule has 0 spiro atoms. The molecule has 0 aliphatic carbocycles. The molecular weight excluding hydrogens is 301 g/mol. The van der Waals surface area contributed by atoms with E-state index in [-0.39, 0.29) is 16.5 Å². The van der Waals surface area contributed by atoms with Crippen LogP contribution >= 0.6 is 23.2 Å². The van der Waals surface area contributed by atoms with Crippen molar-refractivity contribution in [2.75, 3.05) is 13.7 Å². The smallest absolute Gasteiger partial charge is 0.325 e. The van der Waals surface area contributed by atoms with Crippen molar-refractivity contribution in [1.82, 2.24) is 4.72 Å². The molecule has 0 saturated heterocycles. The highest BCUT2D eigenvalue weighted by atomic mass is 35.5. The minimum atomic E-state index is -3.80. The van der Waals surface area contributed by atoms with E-state index in [2.05, 4.69) is 9.46 Å². The summed E-state index contributed by atoms with van der Waals surface area (Å²) in [6.07, 6.45) is 0. The lowest BCUT2D eigenvalue weighted by Gasteiger charge is -2.10. The Hall–Kier alpha value is -0.820. The Labute approximate surface area is 115 Å². The van der Waals surface area contributed by atoms with E-state index in [0.717, 1.165) is 0 Å². The second-order valence-corrected chi connectivity index (χ2v) is 5.94. The zero-order chi connectivity index (χ0) is 13.8. The van der Waals surface area contributed by atoms with Crippen LogP contribution in [0.15, 0.2) is 29.2 Å². The van der Waals surface area contributed by atoms with E-state index < -0.39 is 21.4 Å². The first-order valence-electron chi connectivity index (χ1n) is 4.84. The normalized spacial score (nSPS) is 13.1. The Morgan fingerprint density at radius 2 is 2.06 bits per heavy atom. The lowest BCUT2D eigenvalue weighted by Crippen LogP contribution is -2.34. The Balaban J connectivity index is 2.78. The monoisotopic (exact) mass is 311 g/mol. The van der Waals surface area contributed by atoms with Gasteiger partial charge in [-0.25, -0.2) is 13.1 Å². The Morgan fingerprint density at radius 3 is 2.61 bits per heavy atom. The van der Waals surface area contributed by atoms with Crippen LogP contribution in [0.25, 0.3) is 0 Å². The van der Waals surface area contributed by atoms with Crippen LogP contribution in [0.4, 0.5) is 0 Å². The van der Waals surface area contributed by atoms with Crippen LogP contribution in [-0.2, 0) is 19.6 Å². The summed E-state index contributed by atoms with van der Waals surface area (Å²) in [5, 5.41) is -0.999. The van der Waals surface area contributed by atoms with E-state index >= 15 is 0 Å². The zero-order valence-electron chi connectivity index (χ0n) is 9.39. The molecule has 0 radical (unpaired) electrons. The van der Waals surface area contributed by atoms with Gasteiger partial charge in [0.15, 0.2) is 0 Å². The molecule has 0 aliphatic rings. The number of ether oxygens (including phenoxy) is 1. The molecule has 1 aromatic rings. The molecule has 1 rings (SSSR count). The molecule has 1 atom stereocenters. The van der Waals surface area contributed by atoms with E-state index in [9.17, 15) is 13.2 Å². The minimum absolute atomic E-state index is 0.0691. The van der Waals surface area contributed by atoms with Crippen LogP contribution in [0, 0.1) is 0 Å². The minimum Gasteiger partial charge on any atom is -0.468 e. The Bertz CT molecular complexity index is 532. The van der Waals surface area contributed by atoms with Gasteiger partial charge >= 0.3 is 5.97 Å². The molecule has 18 heavy (non-hydrogen) atoms. The number of sulfonamides is 1. The molecule has 5 nitrogen and oxygen atoms in total. The number of carbonyl (C=O) groups is 1. The third-order valence-corrected chi connectivity index (χ3v) is 4.29. The molecule has 0 fully saturated rings. The summed E-state index contributed by atoms with van der Waals surface area (Å²) in [5.41, 5.74) is 0. The van der Waals surface area contributed by atoms with E-state index in [0.29, 0.717) is 0 Å². The molecular formula is C10H11Cl2NO4S. The van der Waals surface area contributed by atoms with Gasteiger partial charge in [-0.15, -0.1) is 11.6 Å². The number of hydrogen-bond donors (Lipinski definition) is 1. The highest BCUT2D eigenvalue weighted by Crippen LogP contribution is 2.20. The number of esters is 1. The molecule has 0 heterocycles. The van der Waals surface area contributed by atoms with Crippen molar-refractivity contribution in [1.29, 1.82) is 0 Å². The lowest BCUT2D eigenvalue weighted by atomic mass is 10.4. The van der Waals surface area contributed by atoms with Gasteiger partial charge in [0.25, 0.3) is 0 Å². The molecule has 0 aliphatic heterocycles. The molecule has 1 aromatic carbocycles. The number of nitrogens with one attached hydrogen (secondary N) is 1. The second kappa shape index (κ2) is 6.38. The van der Waals surface area contributed by atoms with Gasteiger partial charge in [0, 0.05) is 6.54 Å². The van der Waals surface area contributed by atoms with Gasteiger partial charge in [0.2, 0.25) is 10.0 Å². The average molecular weight is 312 g/mol. The Morgan fingerprint density at radius 1 is 1.44 bits per heavy atom. The first-order valence-corrected chi connectivity index (χ1v) is 7.14. The predicted octanol–water partition coefficient (Wildman–Crippen LogP) is 1.40. The maximum absolute atomic E-state index is 11.9. The second-order valence-electron chi connectivity index (χ2n) is 3.27. The third-order valence-electron chi connectivity index (χ3n) is 2.04. The summed E-state index contributed by atoms with van der Waals surface area (Å²) in [4.78, 5) is 10.9. The van der Waals surface area contributed by atoms with Gasteiger partial charge in [-0.3, -0.25) is 4.79 Å². The third kappa shape index (κ3) is 3.84. The number of halogens is 2. The molecule has 1 unspecified atom stereocenters. The van der Waals surface area contributed by atoms with Gasteiger partial charge < -0.3 is 4.74 Å². The maximum Gasteiger partial charge on any atom is 0.325 e. The number of carbonyl (C=O) groups excluding carboxylic acids is 1. The van der Waals surface area contributed by atoms with Crippen LogP contribution in [-0.4, -0.2) is 33.4 Å². The van der Waals surface area contributed by atoms with Crippen LogP contribution in [0.1, 0.15) is 0 Å². The summed E-state index contributed by atoms with van der Waals surface area (Å²) < 4.78 is 30.3. The SMILES string of the molecule is COC(=O)C(Cl)CNS(=O)(=O)c1ccccc1Cl. The van der Waals surface area contributed by atoms with Gasteiger partial charge in [0.05, 0.1) is 12.1 Å². The molecule has 0 bridgehead atoms. The van der Waals surface area contributed by atoms with Crippen LogP contribution < -0.4 is 4.72 Å². The topological polar surface area (TPSA) is 72.5 Å². The maximum atomic E-state index is 11.9. The first kappa shape index (κ1) is 15.2. The number of alkyl halides is 1. The first-order chi connectivity index (χ1) is 8.38. The van der Waals surface area contributed by atoms with Crippen molar-refractivity contribution in [3.05, 3.63) is 29.3 Å². The molecule has 0 aromatic heterocycles. The number of benzene rings is 1. The molecule has 0 saturated carbocycles. The van der Waals surface area contributed by atoms with Crippen LogP contribution in [0.3, 0.4) is 0 Å². The van der Waals surface area contributed by atoms with Gasteiger partial charge in [-0.1, -0.05) is 23.7 Å². The summed E-state index contributed by atoms with van der Waals surface area (Å²) in [6, 6.07) is 5.96.